The first-order chi connectivity index (χ1) is 14.0. The molecule has 29 heavy (non-hydrogen) atoms. The lowest BCUT2D eigenvalue weighted by molar-refractivity contribution is 0.225. The largest absolute Gasteiger partial charge is 0.496 e. The lowest BCUT2D eigenvalue weighted by Crippen LogP contribution is -2.35. The molecule has 0 amide bonds. The number of fused-ring (bicyclic) bond motifs is 1. The van der Waals surface area contributed by atoms with Crippen molar-refractivity contribution in [1.82, 2.24) is 9.88 Å². The predicted molar refractivity (Wildman–Crippen MR) is 124 cm³/mol. The summed E-state index contributed by atoms with van der Waals surface area (Å²) in [6.45, 7) is 3.56. The number of halogens is 3. The number of ether oxygens (including phenoxy) is 1. The molecular weight excluding hydrogens is 429 g/mol. The van der Waals surface area contributed by atoms with E-state index in [4.69, 9.17) is 39.5 Å². The molecule has 0 saturated heterocycles. The number of aromatic nitrogens is 1. The van der Waals surface area contributed by atoms with Crippen LogP contribution in [0.5, 0.6) is 5.75 Å². The van der Waals surface area contributed by atoms with Gasteiger partial charge in [0.2, 0.25) is 0 Å². The minimum atomic E-state index is 0.214. The van der Waals surface area contributed by atoms with Gasteiger partial charge in [-0.2, -0.15) is 0 Å². The molecule has 0 spiro atoms. The molecule has 3 aromatic rings. The predicted octanol–water partition coefficient (Wildman–Crippen LogP) is 6.31. The maximum Gasteiger partial charge on any atom is 0.123 e. The highest BCUT2D eigenvalue weighted by molar-refractivity contribution is 6.31. The molecular formula is C22H24Cl3N3O. The van der Waals surface area contributed by atoms with Crippen LogP contribution in [-0.4, -0.2) is 41.3 Å². The highest BCUT2D eigenvalue weighted by atomic mass is 35.5. The molecule has 0 aliphatic heterocycles. The average molecular weight is 453 g/mol. The Morgan fingerprint density at radius 1 is 1.14 bits per heavy atom. The number of rotatable bonds is 9. The smallest absolute Gasteiger partial charge is 0.123 e. The van der Waals surface area contributed by atoms with Crippen molar-refractivity contribution in [3.05, 3.63) is 59.2 Å². The van der Waals surface area contributed by atoms with Crippen LogP contribution in [0.2, 0.25) is 5.02 Å². The Bertz CT molecular complexity index is 967. The van der Waals surface area contributed by atoms with Crippen LogP contribution < -0.4 is 10.1 Å². The van der Waals surface area contributed by atoms with Crippen LogP contribution in [0.3, 0.4) is 0 Å². The van der Waals surface area contributed by atoms with Gasteiger partial charge in [0.05, 0.1) is 12.6 Å². The molecule has 2 aromatic carbocycles. The highest BCUT2D eigenvalue weighted by Crippen LogP contribution is 2.30. The van der Waals surface area contributed by atoms with Crippen LogP contribution in [0.4, 0.5) is 11.4 Å². The number of nitrogens with zero attached hydrogens (tertiary/aromatic N) is 2. The fourth-order valence-corrected chi connectivity index (χ4v) is 3.82. The molecule has 1 atom stereocenters. The molecule has 0 radical (unpaired) electrons. The zero-order chi connectivity index (χ0) is 20.8. The number of anilines is 2. The summed E-state index contributed by atoms with van der Waals surface area (Å²) < 4.78 is 5.58. The van der Waals surface area contributed by atoms with Gasteiger partial charge < -0.3 is 10.1 Å². The van der Waals surface area contributed by atoms with E-state index < -0.39 is 0 Å². The van der Waals surface area contributed by atoms with Crippen LogP contribution in [0, 0.1) is 0 Å². The van der Waals surface area contributed by atoms with E-state index in [0.717, 1.165) is 40.1 Å². The monoisotopic (exact) mass is 451 g/mol. The van der Waals surface area contributed by atoms with Crippen molar-refractivity contribution < 1.29 is 4.74 Å². The van der Waals surface area contributed by atoms with Crippen LogP contribution in [-0.2, 0) is 6.54 Å². The first kappa shape index (κ1) is 22.0. The third kappa shape index (κ3) is 5.46. The first-order valence-corrected chi connectivity index (χ1v) is 10.8. The number of benzene rings is 2. The molecule has 1 N–H and O–H groups in total. The fourth-order valence-electron chi connectivity index (χ4n) is 3.25. The lowest BCUT2D eigenvalue weighted by atomic mass is 10.1. The molecule has 0 bridgehead atoms. The molecule has 1 heterocycles. The van der Waals surface area contributed by atoms with Gasteiger partial charge in [-0.3, -0.25) is 9.88 Å². The second-order valence-electron chi connectivity index (χ2n) is 6.83. The van der Waals surface area contributed by atoms with E-state index in [0.29, 0.717) is 23.3 Å². The van der Waals surface area contributed by atoms with Gasteiger partial charge in [0.25, 0.3) is 0 Å². The minimum absolute atomic E-state index is 0.214. The number of alkyl halides is 2. The van der Waals surface area contributed by atoms with Gasteiger partial charge >= 0.3 is 0 Å². The quantitative estimate of drug-likeness (QED) is 0.386. The summed E-state index contributed by atoms with van der Waals surface area (Å²) in [7, 11) is 1.68. The minimum Gasteiger partial charge on any atom is -0.496 e. The number of nitrogens with one attached hydrogen (secondary N) is 1. The number of hydrogen-bond donors (Lipinski definition) is 1. The summed E-state index contributed by atoms with van der Waals surface area (Å²) in [5.41, 5.74) is 3.85. The summed E-state index contributed by atoms with van der Waals surface area (Å²) in [6, 6.07) is 13.9. The second-order valence-corrected chi connectivity index (χ2v) is 7.96. The van der Waals surface area contributed by atoms with Gasteiger partial charge in [0, 0.05) is 64.4 Å². The Kier molecular flexibility index (Phi) is 7.84. The molecule has 0 aliphatic rings. The summed E-state index contributed by atoms with van der Waals surface area (Å²) in [4.78, 5) is 6.66. The molecule has 4 nitrogen and oxygen atoms in total. The number of pyridine rings is 1. The molecule has 154 valence electrons. The maximum atomic E-state index is 6.10. The Morgan fingerprint density at radius 2 is 1.97 bits per heavy atom. The molecule has 0 unspecified atom stereocenters. The lowest BCUT2D eigenvalue weighted by Gasteiger charge is -2.28. The normalized spacial score (nSPS) is 12.3. The van der Waals surface area contributed by atoms with Gasteiger partial charge in [-0.05, 0) is 49.4 Å². The van der Waals surface area contributed by atoms with Crippen LogP contribution in [0.25, 0.3) is 10.9 Å². The van der Waals surface area contributed by atoms with Crippen molar-refractivity contribution in [2.45, 2.75) is 19.5 Å². The zero-order valence-corrected chi connectivity index (χ0v) is 18.7. The Balaban J connectivity index is 1.91. The third-order valence-electron chi connectivity index (χ3n) is 4.86. The highest BCUT2D eigenvalue weighted by Gasteiger charge is 2.16. The topological polar surface area (TPSA) is 37.4 Å². The van der Waals surface area contributed by atoms with E-state index in [1.807, 2.05) is 36.4 Å². The number of hydrogen-bond acceptors (Lipinski definition) is 4. The van der Waals surface area contributed by atoms with Gasteiger partial charge in [0.15, 0.2) is 0 Å². The van der Waals surface area contributed by atoms with E-state index in [1.165, 1.54) is 0 Å². The maximum absolute atomic E-state index is 6.10. The molecule has 1 aromatic heterocycles. The van der Waals surface area contributed by atoms with Crippen molar-refractivity contribution in [2.24, 2.45) is 0 Å². The molecule has 3 rings (SSSR count). The van der Waals surface area contributed by atoms with Gasteiger partial charge in [-0.1, -0.05) is 11.6 Å². The van der Waals surface area contributed by atoms with E-state index in [2.05, 4.69) is 28.2 Å². The molecule has 7 heteroatoms. The molecule has 0 fully saturated rings. The third-order valence-corrected chi connectivity index (χ3v) is 5.71. The summed E-state index contributed by atoms with van der Waals surface area (Å²) >= 11 is 18.2. The summed E-state index contributed by atoms with van der Waals surface area (Å²) in [6.07, 6.45) is 1.77. The van der Waals surface area contributed by atoms with E-state index in [9.17, 15) is 0 Å². The Labute approximate surface area is 186 Å². The van der Waals surface area contributed by atoms with Crippen LogP contribution in [0.15, 0.2) is 48.7 Å². The zero-order valence-electron chi connectivity index (χ0n) is 16.5. The van der Waals surface area contributed by atoms with Crippen molar-refractivity contribution in [3.8, 4) is 5.75 Å². The Hall–Kier alpha value is -1.72. The van der Waals surface area contributed by atoms with E-state index in [-0.39, 0.29) is 6.04 Å². The standard InChI is InChI=1S/C22H24Cl3N3O/c1-15(13-24)28(10-8-23)14-16-11-18(4-6-22(16)29-2)27-20-7-9-26-21-12-17(25)3-5-19(20)21/h3-7,9,11-12,15H,8,10,13-14H2,1-2H3,(H,26,27)/t15-/m0/s1. The van der Waals surface area contributed by atoms with Crippen molar-refractivity contribution >= 4 is 57.1 Å². The first-order valence-electron chi connectivity index (χ1n) is 9.40. The second kappa shape index (κ2) is 10.4. The van der Waals surface area contributed by atoms with Gasteiger partial charge in [-0.25, -0.2) is 0 Å². The summed E-state index contributed by atoms with van der Waals surface area (Å²) in [5.74, 6) is 1.93. The van der Waals surface area contributed by atoms with Crippen molar-refractivity contribution in [2.75, 3.05) is 30.7 Å². The molecule has 0 aliphatic carbocycles. The van der Waals surface area contributed by atoms with E-state index >= 15 is 0 Å². The molecule has 0 saturated carbocycles. The van der Waals surface area contributed by atoms with Crippen LogP contribution >= 0.6 is 34.8 Å². The van der Waals surface area contributed by atoms with Gasteiger partial charge in [-0.15, -0.1) is 23.2 Å². The van der Waals surface area contributed by atoms with Gasteiger partial charge in [0.1, 0.15) is 5.75 Å². The van der Waals surface area contributed by atoms with Crippen LogP contribution in [0.1, 0.15) is 12.5 Å². The average Bonchev–Trinajstić information content (AvgIpc) is 2.73. The van der Waals surface area contributed by atoms with E-state index in [1.54, 1.807) is 13.3 Å². The van der Waals surface area contributed by atoms with Crippen molar-refractivity contribution in [3.63, 3.8) is 0 Å². The SMILES string of the molecule is COc1ccc(Nc2ccnc3cc(Cl)ccc23)cc1CN(CCCl)[C@@H](C)CCl. The van der Waals surface area contributed by atoms with Crippen molar-refractivity contribution in [1.29, 1.82) is 0 Å². The number of methoxy groups -OCH3 is 1. The fraction of sp³-hybridized carbons (Fsp3) is 0.318. The Morgan fingerprint density at radius 3 is 2.69 bits per heavy atom. The summed E-state index contributed by atoms with van der Waals surface area (Å²) in [5, 5.41) is 5.17.